The van der Waals surface area contributed by atoms with Gasteiger partial charge in [0.15, 0.2) is 9.84 Å². The molecular weight excluding hydrogens is 250 g/mol. The van der Waals surface area contributed by atoms with E-state index in [1.54, 1.807) is 7.11 Å². The summed E-state index contributed by atoms with van der Waals surface area (Å²) in [5.74, 6) is 1.06. The molecule has 4 nitrogen and oxygen atoms in total. The Morgan fingerprint density at radius 2 is 1.72 bits per heavy atom. The standard InChI is InChI=1S/C13H13NO3S/c1-17-13-5-3-2-4-12(13)14-6-10-8-18(15,16)9-11(10)7-14/h2-7H,8-9H2,1H3. The van der Waals surface area contributed by atoms with Crippen LogP contribution in [-0.4, -0.2) is 20.1 Å². The molecule has 1 aliphatic rings. The van der Waals surface area contributed by atoms with Crippen molar-refractivity contribution in [2.24, 2.45) is 0 Å². The van der Waals surface area contributed by atoms with Gasteiger partial charge in [0.2, 0.25) is 0 Å². The van der Waals surface area contributed by atoms with E-state index in [4.69, 9.17) is 4.74 Å². The van der Waals surface area contributed by atoms with Crippen LogP contribution in [-0.2, 0) is 21.3 Å². The zero-order valence-electron chi connectivity index (χ0n) is 9.96. The van der Waals surface area contributed by atoms with Crippen molar-refractivity contribution < 1.29 is 13.2 Å². The van der Waals surface area contributed by atoms with Gasteiger partial charge >= 0.3 is 0 Å². The second-order valence-corrected chi connectivity index (χ2v) is 6.48. The third-order valence-corrected chi connectivity index (χ3v) is 4.62. The van der Waals surface area contributed by atoms with Crippen LogP contribution in [0.1, 0.15) is 11.1 Å². The van der Waals surface area contributed by atoms with E-state index in [1.165, 1.54) is 0 Å². The Morgan fingerprint density at radius 3 is 2.33 bits per heavy atom. The van der Waals surface area contributed by atoms with Crippen LogP contribution < -0.4 is 4.74 Å². The molecule has 0 saturated heterocycles. The highest BCUT2D eigenvalue weighted by Gasteiger charge is 2.26. The van der Waals surface area contributed by atoms with Crippen LogP contribution in [0, 0.1) is 0 Å². The Kier molecular flexibility index (Phi) is 2.45. The molecule has 1 aromatic carbocycles. The van der Waals surface area contributed by atoms with Crippen LogP contribution >= 0.6 is 0 Å². The van der Waals surface area contributed by atoms with Crippen LogP contribution in [0.4, 0.5) is 0 Å². The van der Waals surface area contributed by atoms with Gasteiger partial charge in [-0.25, -0.2) is 8.42 Å². The van der Waals surface area contributed by atoms with Crippen LogP contribution in [0.2, 0.25) is 0 Å². The van der Waals surface area contributed by atoms with E-state index in [9.17, 15) is 8.42 Å². The number of benzene rings is 1. The Labute approximate surface area is 106 Å². The molecule has 18 heavy (non-hydrogen) atoms. The topological polar surface area (TPSA) is 48.3 Å². The third-order valence-electron chi connectivity index (χ3n) is 3.12. The normalized spacial score (nSPS) is 16.5. The molecule has 0 N–H and O–H groups in total. The first-order valence-corrected chi connectivity index (χ1v) is 7.45. The maximum Gasteiger partial charge on any atom is 0.158 e. The number of nitrogens with zero attached hydrogens (tertiary/aromatic N) is 1. The summed E-state index contributed by atoms with van der Waals surface area (Å²) < 4.78 is 30.2. The summed E-state index contributed by atoms with van der Waals surface area (Å²) in [5.41, 5.74) is 2.70. The quantitative estimate of drug-likeness (QED) is 0.831. The van der Waals surface area contributed by atoms with E-state index < -0.39 is 9.84 Å². The number of sulfone groups is 1. The second-order valence-electron chi connectivity index (χ2n) is 4.42. The van der Waals surface area contributed by atoms with Crippen molar-refractivity contribution in [3.63, 3.8) is 0 Å². The van der Waals surface area contributed by atoms with E-state index >= 15 is 0 Å². The van der Waals surface area contributed by atoms with E-state index in [0.29, 0.717) is 0 Å². The summed E-state index contributed by atoms with van der Waals surface area (Å²) >= 11 is 0. The van der Waals surface area contributed by atoms with E-state index in [-0.39, 0.29) is 11.5 Å². The van der Waals surface area contributed by atoms with Gasteiger partial charge in [-0.05, 0) is 23.3 Å². The maximum atomic E-state index is 11.5. The molecule has 2 aromatic rings. The smallest absolute Gasteiger partial charge is 0.158 e. The lowest BCUT2D eigenvalue weighted by molar-refractivity contribution is 0.413. The summed E-state index contributed by atoms with van der Waals surface area (Å²) in [6, 6.07) is 7.67. The molecule has 0 spiro atoms. The highest BCUT2D eigenvalue weighted by molar-refractivity contribution is 7.90. The first-order chi connectivity index (χ1) is 8.59. The molecule has 0 atom stereocenters. The molecule has 0 radical (unpaired) electrons. The van der Waals surface area contributed by atoms with Crippen molar-refractivity contribution in [3.8, 4) is 11.4 Å². The number of fused-ring (bicyclic) bond motifs is 1. The number of hydrogen-bond donors (Lipinski definition) is 0. The highest BCUT2D eigenvalue weighted by atomic mass is 32.2. The molecule has 1 aliphatic heterocycles. The number of ether oxygens (including phenoxy) is 1. The number of methoxy groups -OCH3 is 1. The van der Waals surface area contributed by atoms with Crippen molar-refractivity contribution in [1.82, 2.24) is 4.57 Å². The van der Waals surface area contributed by atoms with Gasteiger partial charge < -0.3 is 9.30 Å². The number of rotatable bonds is 2. The Morgan fingerprint density at radius 1 is 1.11 bits per heavy atom. The fourth-order valence-electron chi connectivity index (χ4n) is 2.31. The Bertz CT molecular complexity index is 671. The van der Waals surface area contributed by atoms with Crippen molar-refractivity contribution in [3.05, 3.63) is 47.8 Å². The third kappa shape index (κ3) is 1.80. The zero-order valence-corrected chi connectivity index (χ0v) is 10.8. The molecule has 5 heteroatoms. The van der Waals surface area contributed by atoms with Crippen molar-refractivity contribution in [2.45, 2.75) is 11.5 Å². The van der Waals surface area contributed by atoms with Crippen molar-refractivity contribution in [2.75, 3.05) is 7.11 Å². The molecule has 0 fully saturated rings. The molecule has 0 unspecified atom stereocenters. The van der Waals surface area contributed by atoms with E-state index in [0.717, 1.165) is 22.6 Å². The maximum absolute atomic E-state index is 11.5. The van der Waals surface area contributed by atoms with Gasteiger partial charge in [-0.3, -0.25) is 0 Å². The monoisotopic (exact) mass is 263 g/mol. The summed E-state index contributed by atoms with van der Waals surface area (Å²) in [5, 5.41) is 0. The fraction of sp³-hybridized carbons (Fsp3) is 0.231. The molecule has 3 rings (SSSR count). The largest absolute Gasteiger partial charge is 0.495 e. The summed E-state index contributed by atoms with van der Waals surface area (Å²) in [6.07, 6.45) is 3.75. The van der Waals surface area contributed by atoms with Gasteiger partial charge in [-0.15, -0.1) is 0 Å². The first kappa shape index (κ1) is 11.3. The van der Waals surface area contributed by atoms with Crippen molar-refractivity contribution >= 4 is 9.84 Å². The van der Waals surface area contributed by atoms with Gasteiger partial charge in [0.05, 0.1) is 24.3 Å². The van der Waals surface area contributed by atoms with Gasteiger partial charge in [-0.1, -0.05) is 12.1 Å². The van der Waals surface area contributed by atoms with E-state index in [2.05, 4.69) is 0 Å². The number of hydrogen-bond acceptors (Lipinski definition) is 3. The number of para-hydroxylation sites is 2. The highest BCUT2D eigenvalue weighted by Crippen LogP contribution is 2.30. The lowest BCUT2D eigenvalue weighted by Gasteiger charge is -2.09. The molecule has 94 valence electrons. The molecule has 2 heterocycles. The Hall–Kier alpha value is -1.75. The average molecular weight is 263 g/mol. The fourth-order valence-corrected chi connectivity index (χ4v) is 3.88. The molecule has 0 amide bonds. The van der Waals surface area contributed by atoms with Gasteiger partial charge in [0.1, 0.15) is 5.75 Å². The van der Waals surface area contributed by atoms with Crippen LogP contribution in [0.3, 0.4) is 0 Å². The second kappa shape index (κ2) is 3.88. The van der Waals surface area contributed by atoms with Crippen LogP contribution in [0.15, 0.2) is 36.7 Å². The minimum Gasteiger partial charge on any atom is -0.495 e. The summed E-state index contributed by atoms with van der Waals surface area (Å²) in [7, 11) is -1.30. The lowest BCUT2D eigenvalue weighted by Crippen LogP contribution is -2.00. The molecule has 0 aliphatic carbocycles. The summed E-state index contributed by atoms with van der Waals surface area (Å²) in [6.45, 7) is 0. The van der Waals surface area contributed by atoms with Gasteiger partial charge in [-0.2, -0.15) is 0 Å². The minimum atomic E-state index is -2.92. The SMILES string of the molecule is COc1ccccc1-n1cc2c(c1)CS(=O)(=O)C2. The molecule has 1 aromatic heterocycles. The van der Waals surface area contributed by atoms with Crippen LogP contribution in [0.25, 0.3) is 5.69 Å². The first-order valence-electron chi connectivity index (χ1n) is 5.62. The molecule has 0 bridgehead atoms. The summed E-state index contributed by atoms with van der Waals surface area (Å²) in [4.78, 5) is 0. The number of aromatic nitrogens is 1. The zero-order chi connectivity index (χ0) is 12.8. The lowest BCUT2D eigenvalue weighted by atomic mass is 10.2. The predicted octanol–water partition coefficient (Wildman–Crippen LogP) is 1.91. The molecule has 0 saturated carbocycles. The van der Waals surface area contributed by atoms with Crippen molar-refractivity contribution in [1.29, 1.82) is 0 Å². The van der Waals surface area contributed by atoms with E-state index in [1.807, 2.05) is 41.2 Å². The Balaban J connectivity index is 2.06. The van der Waals surface area contributed by atoms with Gasteiger partial charge in [0.25, 0.3) is 0 Å². The van der Waals surface area contributed by atoms with Crippen LogP contribution in [0.5, 0.6) is 5.75 Å². The molecular formula is C13H13NO3S. The predicted molar refractivity (Wildman–Crippen MR) is 68.6 cm³/mol. The van der Waals surface area contributed by atoms with Gasteiger partial charge in [0, 0.05) is 12.4 Å². The minimum absolute atomic E-state index is 0.143. The average Bonchev–Trinajstić information content (AvgIpc) is 2.82.